The van der Waals surface area contributed by atoms with Gasteiger partial charge in [0, 0.05) is 29.8 Å². The quantitative estimate of drug-likeness (QED) is 0.767. The van der Waals surface area contributed by atoms with Crippen LogP contribution in [0.15, 0.2) is 36.5 Å². The van der Waals surface area contributed by atoms with E-state index in [1.54, 1.807) is 30.3 Å². The van der Waals surface area contributed by atoms with Gasteiger partial charge < -0.3 is 15.4 Å². The number of pyridine rings is 2. The number of nitrogen functional groups attached to an aromatic ring is 1. The molecule has 4 rings (SSSR count). The van der Waals surface area contributed by atoms with Crippen molar-refractivity contribution in [1.29, 1.82) is 0 Å². The van der Waals surface area contributed by atoms with E-state index >= 15 is 0 Å². The van der Waals surface area contributed by atoms with Crippen molar-refractivity contribution in [2.24, 2.45) is 0 Å². The van der Waals surface area contributed by atoms with E-state index in [1.165, 1.54) is 0 Å². The lowest BCUT2D eigenvalue weighted by atomic mass is 10.0. The molecule has 0 bridgehead atoms. The van der Waals surface area contributed by atoms with Crippen molar-refractivity contribution in [3.63, 3.8) is 0 Å². The highest BCUT2D eigenvalue weighted by molar-refractivity contribution is 6.30. The number of hydrogen-bond donors (Lipinski definition) is 1. The molecule has 1 aliphatic heterocycles. The summed E-state index contributed by atoms with van der Waals surface area (Å²) in [6.45, 7) is 1.35. The first-order valence-corrected chi connectivity index (χ1v) is 8.55. The zero-order chi connectivity index (χ0) is 18.3. The molecule has 2 N–H and O–H groups in total. The van der Waals surface area contributed by atoms with Crippen molar-refractivity contribution in [2.45, 2.75) is 19.8 Å². The van der Waals surface area contributed by atoms with Gasteiger partial charge in [0.1, 0.15) is 5.82 Å². The first-order chi connectivity index (χ1) is 12.5. The van der Waals surface area contributed by atoms with E-state index in [1.807, 2.05) is 18.2 Å². The lowest BCUT2D eigenvalue weighted by Crippen LogP contribution is -2.26. The maximum Gasteiger partial charge on any atom is 0.253 e. The number of nitrogens with two attached hydrogens (primary N) is 1. The number of fused-ring (bicyclic) bond motifs is 3. The molecule has 1 aromatic carbocycles. The molecule has 0 saturated heterocycles. The van der Waals surface area contributed by atoms with E-state index in [9.17, 15) is 4.79 Å². The Hall–Kier alpha value is -2.70. The number of carbonyl (C=O) groups excluding carboxylic acids is 1. The molecule has 1 aliphatic rings. The Labute approximate surface area is 155 Å². The number of halogens is 1. The van der Waals surface area contributed by atoms with Crippen LogP contribution in [0.2, 0.25) is 5.02 Å². The first-order valence-electron chi connectivity index (χ1n) is 8.17. The summed E-state index contributed by atoms with van der Waals surface area (Å²) in [5.41, 5.74) is 10.1. The minimum atomic E-state index is -0.0897. The van der Waals surface area contributed by atoms with Gasteiger partial charge in [0.15, 0.2) is 0 Å². The zero-order valence-electron chi connectivity index (χ0n) is 14.2. The molecule has 3 aromatic rings. The largest absolute Gasteiger partial charge is 0.383 e. The van der Waals surface area contributed by atoms with E-state index in [0.29, 0.717) is 36.2 Å². The summed E-state index contributed by atoms with van der Waals surface area (Å²) in [6.07, 6.45) is 1.57. The predicted octanol–water partition coefficient (Wildman–Crippen LogP) is 3.17. The second-order valence-electron chi connectivity index (χ2n) is 6.31. The third kappa shape index (κ3) is 2.98. The Kier molecular flexibility index (Phi) is 4.22. The number of anilines is 1. The summed E-state index contributed by atoms with van der Waals surface area (Å²) in [4.78, 5) is 23.1. The number of rotatable bonds is 3. The zero-order valence-corrected chi connectivity index (χ0v) is 15.0. The number of hydrogen-bond acceptors (Lipinski definition) is 5. The predicted molar refractivity (Wildman–Crippen MR) is 99.7 cm³/mol. The third-order valence-electron chi connectivity index (χ3n) is 4.51. The van der Waals surface area contributed by atoms with Gasteiger partial charge in [-0.3, -0.25) is 9.78 Å². The highest BCUT2D eigenvalue weighted by Crippen LogP contribution is 2.31. The van der Waals surface area contributed by atoms with Crippen LogP contribution >= 0.6 is 11.6 Å². The van der Waals surface area contributed by atoms with E-state index in [4.69, 9.17) is 22.1 Å². The molecule has 7 heteroatoms. The van der Waals surface area contributed by atoms with Crippen molar-refractivity contribution in [3.8, 4) is 0 Å². The van der Waals surface area contributed by atoms with Crippen LogP contribution in [0.25, 0.3) is 10.9 Å². The summed E-state index contributed by atoms with van der Waals surface area (Å²) in [5, 5.41) is 1.48. The highest BCUT2D eigenvalue weighted by Gasteiger charge is 2.21. The Bertz CT molecular complexity index is 1000. The second-order valence-corrected chi connectivity index (χ2v) is 6.74. The van der Waals surface area contributed by atoms with Crippen LogP contribution < -0.4 is 5.73 Å². The van der Waals surface area contributed by atoms with E-state index < -0.39 is 0 Å². The molecule has 0 unspecified atom stereocenters. The number of ether oxygens (including phenoxy) is 1. The molecular formula is C19H17ClN4O2. The summed E-state index contributed by atoms with van der Waals surface area (Å²) < 4.78 is 5.51. The van der Waals surface area contributed by atoms with E-state index in [-0.39, 0.29) is 5.91 Å². The van der Waals surface area contributed by atoms with Gasteiger partial charge in [-0.05, 0) is 35.9 Å². The van der Waals surface area contributed by atoms with Crippen LogP contribution in [0.4, 0.5) is 5.82 Å². The van der Waals surface area contributed by atoms with Gasteiger partial charge in [-0.25, -0.2) is 4.98 Å². The Balaban J connectivity index is 1.64. The standard InChI is InChI=1S/C19H17ClN4O2/c1-24(8-13-4-3-12(20)7-22-13)19(25)11-2-5-17-14(6-11)15-9-26-10-16(15)18(21)23-17/h2-7H,8-10H2,1H3,(H2,21,23). The lowest BCUT2D eigenvalue weighted by molar-refractivity contribution is 0.0783. The highest BCUT2D eigenvalue weighted by atomic mass is 35.5. The fraction of sp³-hybridized carbons (Fsp3) is 0.211. The average Bonchev–Trinajstić information content (AvgIpc) is 3.14. The van der Waals surface area contributed by atoms with Gasteiger partial charge in [-0.2, -0.15) is 0 Å². The van der Waals surface area contributed by atoms with Crippen molar-refractivity contribution in [2.75, 3.05) is 12.8 Å². The summed E-state index contributed by atoms with van der Waals surface area (Å²) >= 11 is 5.85. The molecule has 0 aliphatic carbocycles. The molecule has 2 aromatic heterocycles. The number of nitrogens with zero attached hydrogens (tertiary/aromatic N) is 3. The molecule has 0 saturated carbocycles. The Morgan fingerprint density at radius 2 is 2.08 bits per heavy atom. The summed E-state index contributed by atoms with van der Waals surface area (Å²) in [7, 11) is 1.75. The van der Waals surface area contributed by atoms with Gasteiger partial charge >= 0.3 is 0 Å². The van der Waals surface area contributed by atoms with Crippen molar-refractivity contribution < 1.29 is 9.53 Å². The molecule has 132 valence electrons. The fourth-order valence-corrected chi connectivity index (χ4v) is 3.25. The maximum atomic E-state index is 12.8. The minimum Gasteiger partial charge on any atom is -0.383 e. The van der Waals surface area contributed by atoms with Crippen LogP contribution in [0.1, 0.15) is 27.2 Å². The van der Waals surface area contributed by atoms with Gasteiger partial charge in [0.25, 0.3) is 5.91 Å². The van der Waals surface area contributed by atoms with Gasteiger partial charge in [0.2, 0.25) is 0 Å². The monoisotopic (exact) mass is 368 g/mol. The van der Waals surface area contributed by atoms with Crippen LogP contribution in [0.5, 0.6) is 0 Å². The van der Waals surface area contributed by atoms with Crippen LogP contribution in [0, 0.1) is 0 Å². The second kappa shape index (κ2) is 6.55. The molecule has 3 heterocycles. The smallest absolute Gasteiger partial charge is 0.253 e. The molecule has 6 nitrogen and oxygen atoms in total. The van der Waals surface area contributed by atoms with Crippen molar-refractivity contribution in [3.05, 3.63) is 63.9 Å². The molecule has 26 heavy (non-hydrogen) atoms. The topological polar surface area (TPSA) is 81.3 Å². The molecule has 0 radical (unpaired) electrons. The summed E-state index contributed by atoms with van der Waals surface area (Å²) in [5.74, 6) is 0.406. The molecule has 0 spiro atoms. The normalized spacial score (nSPS) is 13.0. The van der Waals surface area contributed by atoms with Gasteiger partial charge in [-0.1, -0.05) is 11.6 Å². The fourth-order valence-electron chi connectivity index (χ4n) is 3.14. The Morgan fingerprint density at radius 1 is 1.27 bits per heavy atom. The molecule has 0 atom stereocenters. The number of amides is 1. The van der Waals surface area contributed by atoms with Crippen LogP contribution in [-0.2, 0) is 24.5 Å². The lowest BCUT2D eigenvalue weighted by Gasteiger charge is -2.17. The number of aromatic nitrogens is 2. The SMILES string of the molecule is CN(Cc1ccc(Cl)cn1)C(=O)c1ccc2nc(N)c3c(c2c1)COC3. The van der Waals surface area contributed by atoms with Gasteiger partial charge in [-0.15, -0.1) is 0 Å². The average molecular weight is 369 g/mol. The van der Waals surface area contributed by atoms with Crippen molar-refractivity contribution in [1.82, 2.24) is 14.9 Å². The van der Waals surface area contributed by atoms with E-state index in [0.717, 1.165) is 27.7 Å². The van der Waals surface area contributed by atoms with E-state index in [2.05, 4.69) is 9.97 Å². The molecule has 1 amide bonds. The van der Waals surface area contributed by atoms with Crippen LogP contribution in [0.3, 0.4) is 0 Å². The minimum absolute atomic E-state index is 0.0897. The molecular weight excluding hydrogens is 352 g/mol. The first kappa shape index (κ1) is 16.8. The maximum absolute atomic E-state index is 12.8. The molecule has 0 fully saturated rings. The Morgan fingerprint density at radius 3 is 2.85 bits per heavy atom. The number of carbonyl (C=O) groups is 1. The van der Waals surface area contributed by atoms with Gasteiger partial charge in [0.05, 0.1) is 36.0 Å². The summed E-state index contributed by atoms with van der Waals surface area (Å²) in [6, 6.07) is 9.03. The number of benzene rings is 1. The third-order valence-corrected chi connectivity index (χ3v) is 4.73. The van der Waals surface area contributed by atoms with Crippen LogP contribution in [-0.4, -0.2) is 27.8 Å². The van der Waals surface area contributed by atoms with Crippen molar-refractivity contribution >= 4 is 34.2 Å².